The van der Waals surface area contributed by atoms with E-state index < -0.39 is 0 Å². The van der Waals surface area contributed by atoms with Gasteiger partial charge in [0.1, 0.15) is 12.1 Å². The Hall–Kier alpha value is -2.96. The molecular formula is C22H28N6O. The molecular weight excluding hydrogens is 364 g/mol. The Morgan fingerprint density at radius 3 is 2.97 bits per heavy atom. The number of carbonyl (C=O) groups is 1. The number of amides is 1. The van der Waals surface area contributed by atoms with Crippen LogP contribution in [0.15, 0.2) is 30.6 Å². The average molecular weight is 393 g/mol. The van der Waals surface area contributed by atoms with Crippen molar-refractivity contribution in [2.75, 3.05) is 23.3 Å². The SMILES string of the molecule is CCCc1cc(N2CCC[C@H](C(=O)Nc3cc(C)ccc3C)C2)n2ncnc2n1. The van der Waals surface area contributed by atoms with E-state index in [1.165, 1.54) is 6.33 Å². The maximum absolute atomic E-state index is 13.0. The summed E-state index contributed by atoms with van der Waals surface area (Å²) in [6, 6.07) is 8.24. The molecule has 0 saturated carbocycles. The van der Waals surface area contributed by atoms with Crippen molar-refractivity contribution in [3.05, 3.63) is 47.4 Å². The molecule has 0 spiro atoms. The molecule has 7 heteroatoms. The number of rotatable bonds is 5. The summed E-state index contributed by atoms with van der Waals surface area (Å²) < 4.78 is 1.78. The molecule has 0 unspecified atom stereocenters. The number of aryl methyl sites for hydroxylation is 3. The first-order valence-corrected chi connectivity index (χ1v) is 10.4. The standard InChI is InChI=1S/C22H28N6O/c1-4-6-18-12-20(28-22(25-18)23-14-24-28)27-10-5-7-17(13-27)21(29)26-19-11-15(2)8-9-16(19)3/h8-9,11-12,14,17H,4-7,10,13H2,1-3H3,(H,26,29)/t17-/m0/s1. The summed E-state index contributed by atoms with van der Waals surface area (Å²) in [4.78, 5) is 24.1. The van der Waals surface area contributed by atoms with Crippen molar-refractivity contribution in [1.29, 1.82) is 0 Å². The summed E-state index contributed by atoms with van der Waals surface area (Å²) in [7, 11) is 0. The molecule has 1 fully saturated rings. The van der Waals surface area contributed by atoms with Gasteiger partial charge in [-0.1, -0.05) is 25.5 Å². The van der Waals surface area contributed by atoms with Crippen LogP contribution in [0.2, 0.25) is 0 Å². The molecule has 7 nitrogen and oxygen atoms in total. The van der Waals surface area contributed by atoms with Gasteiger partial charge < -0.3 is 10.2 Å². The van der Waals surface area contributed by atoms with Crippen LogP contribution in [-0.2, 0) is 11.2 Å². The van der Waals surface area contributed by atoms with E-state index in [2.05, 4.69) is 44.3 Å². The Morgan fingerprint density at radius 2 is 2.14 bits per heavy atom. The van der Waals surface area contributed by atoms with Gasteiger partial charge in [-0.05, 0) is 50.3 Å². The minimum Gasteiger partial charge on any atom is -0.356 e. The Bertz CT molecular complexity index is 1030. The third-order valence-corrected chi connectivity index (χ3v) is 5.56. The molecule has 1 aliphatic heterocycles. The monoisotopic (exact) mass is 392 g/mol. The third kappa shape index (κ3) is 4.09. The molecule has 2 aromatic heterocycles. The van der Waals surface area contributed by atoms with Crippen LogP contribution in [0.5, 0.6) is 0 Å². The number of aromatic nitrogens is 4. The number of hydrogen-bond acceptors (Lipinski definition) is 5. The molecule has 0 bridgehead atoms. The van der Waals surface area contributed by atoms with Gasteiger partial charge in [-0.3, -0.25) is 4.79 Å². The molecule has 3 aromatic rings. The zero-order valence-electron chi connectivity index (χ0n) is 17.4. The van der Waals surface area contributed by atoms with Gasteiger partial charge >= 0.3 is 0 Å². The number of piperidine rings is 1. The van der Waals surface area contributed by atoms with E-state index in [-0.39, 0.29) is 11.8 Å². The minimum absolute atomic E-state index is 0.0648. The van der Waals surface area contributed by atoms with Crippen molar-refractivity contribution in [3.63, 3.8) is 0 Å². The molecule has 1 N–H and O–H groups in total. The first-order valence-electron chi connectivity index (χ1n) is 10.4. The lowest BCUT2D eigenvalue weighted by molar-refractivity contribution is -0.120. The molecule has 0 radical (unpaired) electrons. The topological polar surface area (TPSA) is 75.4 Å². The van der Waals surface area contributed by atoms with Crippen LogP contribution < -0.4 is 10.2 Å². The molecule has 29 heavy (non-hydrogen) atoms. The van der Waals surface area contributed by atoms with Crippen LogP contribution in [-0.4, -0.2) is 38.6 Å². The second kappa shape index (κ2) is 8.19. The number of anilines is 2. The number of nitrogens with one attached hydrogen (secondary N) is 1. The van der Waals surface area contributed by atoms with Gasteiger partial charge in [0, 0.05) is 30.5 Å². The average Bonchev–Trinajstić information content (AvgIpc) is 3.19. The zero-order chi connectivity index (χ0) is 20.4. The molecule has 4 rings (SSSR count). The maximum atomic E-state index is 13.0. The lowest BCUT2D eigenvalue weighted by atomic mass is 9.96. The lowest BCUT2D eigenvalue weighted by Gasteiger charge is -2.33. The largest absolute Gasteiger partial charge is 0.356 e. The second-order valence-corrected chi connectivity index (χ2v) is 7.92. The molecule has 1 amide bonds. The fraction of sp³-hybridized carbons (Fsp3) is 0.455. The van der Waals surface area contributed by atoms with Crippen molar-refractivity contribution >= 4 is 23.2 Å². The minimum atomic E-state index is -0.0648. The Morgan fingerprint density at radius 1 is 1.28 bits per heavy atom. The van der Waals surface area contributed by atoms with Crippen LogP contribution in [0.4, 0.5) is 11.5 Å². The summed E-state index contributed by atoms with van der Waals surface area (Å²) in [6.07, 6.45) is 5.32. The van der Waals surface area contributed by atoms with Gasteiger partial charge in [0.2, 0.25) is 5.91 Å². The van der Waals surface area contributed by atoms with Gasteiger partial charge in [0.05, 0.1) is 5.92 Å². The van der Waals surface area contributed by atoms with Crippen LogP contribution in [0.3, 0.4) is 0 Å². The molecule has 1 atom stereocenters. The van der Waals surface area contributed by atoms with Crippen LogP contribution in [0, 0.1) is 19.8 Å². The highest BCUT2D eigenvalue weighted by Crippen LogP contribution is 2.26. The zero-order valence-corrected chi connectivity index (χ0v) is 17.4. The normalized spacial score (nSPS) is 16.9. The van der Waals surface area contributed by atoms with Gasteiger partial charge in [-0.15, -0.1) is 0 Å². The Kier molecular flexibility index (Phi) is 5.47. The van der Waals surface area contributed by atoms with E-state index in [0.717, 1.165) is 60.6 Å². The van der Waals surface area contributed by atoms with Gasteiger partial charge in [0.15, 0.2) is 0 Å². The Labute approximate surface area is 171 Å². The highest BCUT2D eigenvalue weighted by Gasteiger charge is 2.28. The van der Waals surface area contributed by atoms with Crippen molar-refractivity contribution in [2.24, 2.45) is 5.92 Å². The Balaban J connectivity index is 1.55. The number of hydrogen-bond donors (Lipinski definition) is 1. The first-order chi connectivity index (χ1) is 14.0. The predicted molar refractivity (Wildman–Crippen MR) is 114 cm³/mol. The number of carbonyl (C=O) groups excluding carboxylic acids is 1. The number of nitrogens with zero attached hydrogens (tertiary/aromatic N) is 5. The van der Waals surface area contributed by atoms with E-state index in [9.17, 15) is 4.79 Å². The molecule has 3 heterocycles. The van der Waals surface area contributed by atoms with Crippen LogP contribution >= 0.6 is 0 Å². The first kappa shape index (κ1) is 19.4. The summed E-state index contributed by atoms with van der Waals surface area (Å²) >= 11 is 0. The highest BCUT2D eigenvalue weighted by atomic mass is 16.1. The quantitative estimate of drug-likeness (QED) is 0.719. The summed E-state index contributed by atoms with van der Waals surface area (Å²) in [6.45, 7) is 7.77. The molecule has 0 aliphatic carbocycles. The van der Waals surface area contributed by atoms with Crippen LogP contribution in [0.1, 0.15) is 43.0 Å². The van der Waals surface area contributed by atoms with E-state index in [1.54, 1.807) is 4.52 Å². The van der Waals surface area contributed by atoms with E-state index in [1.807, 2.05) is 26.0 Å². The van der Waals surface area contributed by atoms with Gasteiger partial charge in [0.25, 0.3) is 5.78 Å². The maximum Gasteiger partial charge on any atom is 0.254 e. The second-order valence-electron chi connectivity index (χ2n) is 7.92. The molecule has 1 aromatic carbocycles. The van der Waals surface area contributed by atoms with Gasteiger partial charge in [-0.2, -0.15) is 14.6 Å². The summed E-state index contributed by atoms with van der Waals surface area (Å²) in [5.41, 5.74) is 4.15. The molecule has 1 saturated heterocycles. The van der Waals surface area contributed by atoms with Crippen molar-refractivity contribution < 1.29 is 4.79 Å². The van der Waals surface area contributed by atoms with Crippen molar-refractivity contribution in [3.8, 4) is 0 Å². The molecule has 1 aliphatic rings. The predicted octanol–water partition coefficient (Wildman–Crippen LogP) is 3.55. The summed E-state index contributed by atoms with van der Waals surface area (Å²) in [5.74, 6) is 1.61. The summed E-state index contributed by atoms with van der Waals surface area (Å²) in [5, 5.41) is 7.50. The van der Waals surface area contributed by atoms with Crippen molar-refractivity contribution in [1.82, 2.24) is 19.6 Å². The van der Waals surface area contributed by atoms with Crippen molar-refractivity contribution in [2.45, 2.75) is 46.5 Å². The van der Waals surface area contributed by atoms with Gasteiger partial charge in [-0.25, -0.2) is 4.98 Å². The number of fused-ring (bicyclic) bond motifs is 1. The third-order valence-electron chi connectivity index (χ3n) is 5.56. The highest BCUT2D eigenvalue weighted by molar-refractivity contribution is 5.93. The number of benzene rings is 1. The smallest absolute Gasteiger partial charge is 0.254 e. The fourth-order valence-electron chi connectivity index (χ4n) is 3.96. The van der Waals surface area contributed by atoms with E-state index in [0.29, 0.717) is 12.3 Å². The fourth-order valence-corrected chi connectivity index (χ4v) is 3.96. The lowest BCUT2D eigenvalue weighted by Crippen LogP contribution is -2.41. The van der Waals surface area contributed by atoms with E-state index in [4.69, 9.17) is 0 Å². The van der Waals surface area contributed by atoms with E-state index >= 15 is 0 Å². The van der Waals surface area contributed by atoms with Crippen LogP contribution in [0.25, 0.3) is 5.78 Å². The molecule has 152 valence electrons.